The maximum atomic E-state index is 10.7. The molecule has 1 aliphatic rings. The zero-order valence-electron chi connectivity index (χ0n) is 8.49. The number of hydrogen-bond acceptors (Lipinski definition) is 5. The fourth-order valence-electron chi connectivity index (χ4n) is 2.04. The topological polar surface area (TPSA) is 92.3 Å². The molecule has 3 atom stereocenters. The minimum atomic E-state index is -1.27. The number of nitrogens with one attached hydrogen (secondary N) is 1. The highest BCUT2D eigenvalue weighted by Gasteiger charge is 2.36. The highest BCUT2D eigenvalue weighted by atomic mass is 16.4. The summed E-state index contributed by atoms with van der Waals surface area (Å²) in [5.74, 6) is -3.20. The standard InChI is InChI=1S/C10H15NO4/c1-5(2)7-4-11-9(10(14)15)6(7)3-8(12)13/h6-7,9,11H,1,3-4H2,2H3,(H,12,13)(H,14,15)/p-2/t6-,7+,9-/m0/s1. The lowest BCUT2D eigenvalue weighted by Crippen LogP contribution is -2.46. The molecule has 0 bridgehead atoms. The second-order valence-corrected chi connectivity index (χ2v) is 3.90. The van der Waals surface area contributed by atoms with Crippen molar-refractivity contribution in [2.45, 2.75) is 19.4 Å². The summed E-state index contributed by atoms with van der Waals surface area (Å²) in [6.45, 7) is 5.90. The van der Waals surface area contributed by atoms with Gasteiger partial charge < -0.3 is 25.1 Å². The van der Waals surface area contributed by atoms with Crippen LogP contribution in [-0.4, -0.2) is 24.5 Å². The number of aliphatic carboxylic acids is 2. The molecule has 15 heavy (non-hydrogen) atoms. The van der Waals surface area contributed by atoms with Crippen molar-refractivity contribution in [3.63, 3.8) is 0 Å². The van der Waals surface area contributed by atoms with E-state index in [2.05, 4.69) is 11.9 Å². The zero-order valence-corrected chi connectivity index (χ0v) is 8.49. The number of carbonyl (C=O) groups is 2. The lowest BCUT2D eigenvalue weighted by molar-refractivity contribution is -0.311. The summed E-state index contributed by atoms with van der Waals surface area (Å²) < 4.78 is 0. The molecule has 1 rings (SSSR count). The van der Waals surface area contributed by atoms with Crippen LogP contribution in [0.25, 0.3) is 0 Å². The Morgan fingerprint density at radius 1 is 1.47 bits per heavy atom. The molecule has 1 saturated heterocycles. The van der Waals surface area contributed by atoms with Crippen LogP contribution in [-0.2, 0) is 9.59 Å². The summed E-state index contributed by atoms with van der Waals surface area (Å²) in [4.78, 5) is 21.3. The number of rotatable bonds is 4. The van der Waals surface area contributed by atoms with Crippen LogP contribution in [0, 0.1) is 11.8 Å². The van der Waals surface area contributed by atoms with Crippen LogP contribution in [0.1, 0.15) is 13.3 Å². The van der Waals surface area contributed by atoms with Gasteiger partial charge >= 0.3 is 0 Å². The van der Waals surface area contributed by atoms with Gasteiger partial charge in [-0.3, -0.25) is 0 Å². The highest BCUT2D eigenvalue weighted by molar-refractivity contribution is 5.74. The Bertz CT molecular complexity index is 278. The Morgan fingerprint density at radius 2 is 2.07 bits per heavy atom. The molecular weight excluding hydrogens is 198 g/mol. The van der Waals surface area contributed by atoms with Gasteiger partial charge in [0.2, 0.25) is 0 Å². The van der Waals surface area contributed by atoms with Crippen LogP contribution < -0.4 is 15.5 Å². The molecule has 0 radical (unpaired) electrons. The number of carbonyl (C=O) groups excluding carboxylic acids is 2. The summed E-state index contributed by atoms with van der Waals surface area (Å²) in [6.07, 6.45) is -0.289. The second-order valence-electron chi connectivity index (χ2n) is 3.90. The van der Waals surface area contributed by atoms with Crippen molar-refractivity contribution in [1.29, 1.82) is 0 Å². The molecule has 0 saturated carbocycles. The first kappa shape index (κ1) is 11.7. The fourth-order valence-corrected chi connectivity index (χ4v) is 2.04. The molecule has 5 heteroatoms. The lowest BCUT2D eigenvalue weighted by atomic mass is 9.84. The molecule has 0 aromatic heterocycles. The van der Waals surface area contributed by atoms with Crippen molar-refractivity contribution in [3.05, 3.63) is 12.2 Å². The summed E-state index contributed by atoms with van der Waals surface area (Å²) in [5.41, 5.74) is 0.775. The van der Waals surface area contributed by atoms with E-state index in [0.717, 1.165) is 5.57 Å². The average molecular weight is 211 g/mol. The Hall–Kier alpha value is -1.36. The van der Waals surface area contributed by atoms with Gasteiger partial charge in [0.1, 0.15) is 0 Å². The molecule has 5 nitrogen and oxygen atoms in total. The monoisotopic (exact) mass is 211 g/mol. The highest BCUT2D eigenvalue weighted by Crippen LogP contribution is 2.30. The van der Waals surface area contributed by atoms with Gasteiger partial charge in [0.15, 0.2) is 0 Å². The third kappa shape index (κ3) is 2.56. The first-order valence-electron chi connectivity index (χ1n) is 4.73. The predicted octanol–water partition coefficient (Wildman–Crippen LogP) is -2.34. The van der Waals surface area contributed by atoms with Crippen LogP contribution in [0.3, 0.4) is 0 Å². The molecular formula is C10H13NO4-2. The van der Waals surface area contributed by atoms with Crippen molar-refractivity contribution < 1.29 is 19.8 Å². The Kier molecular flexibility index (Phi) is 3.47. The fraction of sp³-hybridized carbons (Fsp3) is 0.600. The number of carboxylic acid groups (broad SMARTS) is 2. The van der Waals surface area contributed by atoms with E-state index in [-0.39, 0.29) is 12.3 Å². The van der Waals surface area contributed by atoms with E-state index in [1.807, 2.05) is 0 Å². The molecule has 0 spiro atoms. The molecule has 1 fully saturated rings. The van der Waals surface area contributed by atoms with Gasteiger partial charge in [0, 0.05) is 12.5 Å². The minimum absolute atomic E-state index is 0.147. The normalized spacial score (nSPS) is 30.1. The molecule has 0 aromatic rings. The second kappa shape index (κ2) is 4.44. The van der Waals surface area contributed by atoms with Gasteiger partial charge in [-0.05, 0) is 25.2 Å². The summed E-state index contributed by atoms with van der Waals surface area (Å²) in [5, 5.41) is 24.0. The molecule has 84 valence electrons. The van der Waals surface area contributed by atoms with Crippen molar-refractivity contribution in [1.82, 2.24) is 5.32 Å². The molecule has 0 aromatic carbocycles. The van der Waals surface area contributed by atoms with Gasteiger partial charge in [0.25, 0.3) is 0 Å². The Morgan fingerprint density at radius 3 is 2.47 bits per heavy atom. The van der Waals surface area contributed by atoms with Gasteiger partial charge in [-0.15, -0.1) is 0 Å². The van der Waals surface area contributed by atoms with E-state index in [1.54, 1.807) is 6.92 Å². The average Bonchev–Trinajstić information content (AvgIpc) is 2.46. The quantitative estimate of drug-likeness (QED) is 0.526. The Balaban J connectivity index is 2.82. The minimum Gasteiger partial charge on any atom is -0.550 e. The molecule has 1 aliphatic heterocycles. The largest absolute Gasteiger partial charge is 0.550 e. The first-order chi connectivity index (χ1) is 6.93. The SMILES string of the molecule is C=C(C)[C@H]1CN[C@H](C(=O)[O-])[C@H]1CC(=O)[O-]. The third-order valence-electron chi connectivity index (χ3n) is 2.79. The van der Waals surface area contributed by atoms with E-state index < -0.39 is 23.9 Å². The zero-order chi connectivity index (χ0) is 11.6. The summed E-state index contributed by atoms with van der Waals surface area (Å²) in [6, 6.07) is -0.926. The van der Waals surface area contributed by atoms with Crippen molar-refractivity contribution in [2.75, 3.05) is 6.54 Å². The molecule has 1 heterocycles. The van der Waals surface area contributed by atoms with Crippen LogP contribution in [0.15, 0.2) is 12.2 Å². The third-order valence-corrected chi connectivity index (χ3v) is 2.79. The molecule has 0 unspecified atom stereocenters. The van der Waals surface area contributed by atoms with Gasteiger partial charge in [-0.2, -0.15) is 0 Å². The van der Waals surface area contributed by atoms with E-state index >= 15 is 0 Å². The van der Waals surface area contributed by atoms with E-state index in [0.29, 0.717) is 6.54 Å². The summed E-state index contributed by atoms with van der Waals surface area (Å²) in [7, 11) is 0. The maximum Gasteiger partial charge on any atom is 0.0587 e. The number of hydrogen-bond donors (Lipinski definition) is 1. The van der Waals surface area contributed by atoms with Crippen LogP contribution in [0.5, 0.6) is 0 Å². The van der Waals surface area contributed by atoms with E-state index in [9.17, 15) is 19.8 Å². The number of carboxylic acids is 2. The van der Waals surface area contributed by atoms with E-state index in [1.165, 1.54) is 0 Å². The van der Waals surface area contributed by atoms with E-state index in [4.69, 9.17) is 0 Å². The molecule has 0 aliphatic carbocycles. The maximum absolute atomic E-state index is 10.7. The van der Waals surface area contributed by atoms with Crippen LogP contribution in [0.4, 0.5) is 0 Å². The van der Waals surface area contributed by atoms with Gasteiger partial charge in [-0.1, -0.05) is 12.2 Å². The predicted molar refractivity (Wildman–Crippen MR) is 48.2 cm³/mol. The summed E-state index contributed by atoms with van der Waals surface area (Å²) >= 11 is 0. The van der Waals surface area contributed by atoms with Gasteiger partial charge in [0.05, 0.1) is 12.0 Å². The van der Waals surface area contributed by atoms with Crippen LogP contribution in [0.2, 0.25) is 0 Å². The van der Waals surface area contributed by atoms with Crippen molar-refractivity contribution >= 4 is 11.9 Å². The first-order valence-corrected chi connectivity index (χ1v) is 4.73. The molecule has 0 amide bonds. The van der Waals surface area contributed by atoms with Gasteiger partial charge in [-0.25, -0.2) is 0 Å². The van der Waals surface area contributed by atoms with Crippen molar-refractivity contribution in [3.8, 4) is 0 Å². The van der Waals surface area contributed by atoms with Crippen LogP contribution >= 0.6 is 0 Å². The lowest BCUT2D eigenvalue weighted by Gasteiger charge is -2.25. The van der Waals surface area contributed by atoms with Crippen molar-refractivity contribution in [2.24, 2.45) is 11.8 Å². The smallest absolute Gasteiger partial charge is 0.0587 e. The molecule has 1 N–H and O–H groups in total. The Labute approximate surface area is 87.8 Å².